The van der Waals surface area contributed by atoms with E-state index in [1.54, 1.807) is 10.8 Å². The molecule has 10 heteroatoms. The lowest BCUT2D eigenvalue weighted by molar-refractivity contribution is -0.123. The van der Waals surface area contributed by atoms with Crippen molar-refractivity contribution in [2.45, 2.75) is 26.0 Å². The van der Waals surface area contributed by atoms with E-state index in [-0.39, 0.29) is 17.4 Å². The van der Waals surface area contributed by atoms with Crippen molar-refractivity contribution in [1.29, 1.82) is 0 Å². The highest BCUT2D eigenvalue weighted by Crippen LogP contribution is 2.38. The average Bonchev–Trinajstić information content (AvgIpc) is 3.63. The minimum Gasteiger partial charge on any atom is -0.489 e. The zero-order chi connectivity index (χ0) is 28.6. The lowest BCUT2D eigenvalue weighted by Crippen LogP contribution is -2.39. The quantitative estimate of drug-likeness (QED) is 0.195. The Morgan fingerprint density at radius 3 is 2.46 bits per heavy atom. The standard InChI is InChI=1S/C31H27N3O4S3/c1-21-7-9-22(10-8-21)19-38-27-13-11-23(12-14-27)29-24(18-33(32-29)25-5-3-2-4-6-25)17-28-30(35)34(31(39)40-28)26-15-16-41(36,37)20-26/h2-14,17-18,26H,15-16,19-20H2,1H3/b28-17-. The summed E-state index contributed by atoms with van der Waals surface area (Å²) in [6, 6.07) is 25.3. The van der Waals surface area contributed by atoms with Gasteiger partial charge >= 0.3 is 0 Å². The van der Waals surface area contributed by atoms with Crippen molar-refractivity contribution in [2.24, 2.45) is 0 Å². The van der Waals surface area contributed by atoms with Crippen molar-refractivity contribution in [3.63, 3.8) is 0 Å². The number of ether oxygens (including phenoxy) is 1. The minimum atomic E-state index is -3.16. The van der Waals surface area contributed by atoms with Crippen LogP contribution in [0.2, 0.25) is 0 Å². The van der Waals surface area contributed by atoms with Crippen molar-refractivity contribution in [3.05, 3.63) is 107 Å². The molecule has 2 aliphatic rings. The first-order valence-corrected chi connectivity index (χ1v) is 16.2. The van der Waals surface area contributed by atoms with Crippen molar-refractivity contribution in [1.82, 2.24) is 14.7 Å². The second-order valence-electron chi connectivity index (χ2n) is 10.1. The van der Waals surface area contributed by atoms with Gasteiger partial charge in [-0.15, -0.1) is 0 Å². The van der Waals surface area contributed by atoms with Crippen LogP contribution in [0.15, 0.2) is 90.0 Å². The molecule has 2 aliphatic heterocycles. The largest absolute Gasteiger partial charge is 0.489 e. The maximum absolute atomic E-state index is 13.4. The molecular formula is C31H27N3O4S3. The number of carbonyl (C=O) groups excluding carboxylic acids is 1. The monoisotopic (exact) mass is 601 g/mol. The van der Waals surface area contributed by atoms with Gasteiger partial charge in [-0.25, -0.2) is 13.1 Å². The Kier molecular flexibility index (Phi) is 7.54. The van der Waals surface area contributed by atoms with Crippen LogP contribution in [0.3, 0.4) is 0 Å². The summed E-state index contributed by atoms with van der Waals surface area (Å²) in [4.78, 5) is 15.3. The van der Waals surface area contributed by atoms with Crippen LogP contribution >= 0.6 is 24.0 Å². The first-order chi connectivity index (χ1) is 19.8. The normalized spacial score (nSPS) is 19.3. The van der Waals surface area contributed by atoms with E-state index in [4.69, 9.17) is 22.1 Å². The van der Waals surface area contributed by atoms with Gasteiger partial charge in [-0.1, -0.05) is 72.0 Å². The fraction of sp³-hybridized carbons (Fsp3) is 0.194. The van der Waals surface area contributed by atoms with Gasteiger partial charge < -0.3 is 4.74 Å². The molecule has 0 saturated carbocycles. The topological polar surface area (TPSA) is 81.5 Å². The average molecular weight is 602 g/mol. The van der Waals surface area contributed by atoms with Crippen LogP contribution in [0.5, 0.6) is 5.75 Å². The molecule has 6 rings (SSSR count). The van der Waals surface area contributed by atoms with Crippen LogP contribution in [0.4, 0.5) is 0 Å². The van der Waals surface area contributed by atoms with Gasteiger partial charge in [0.25, 0.3) is 5.91 Å². The van der Waals surface area contributed by atoms with E-state index in [0.717, 1.165) is 28.1 Å². The van der Waals surface area contributed by atoms with Gasteiger partial charge in [0.05, 0.1) is 33.8 Å². The first-order valence-electron chi connectivity index (χ1n) is 13.2. The van der Waals surface area contributed by atoms with Gasteiger partial charge in [0, 0.05) is 17.3 Å². The number of para-hydroxylation sites is 1. The van der Waals surface area contributed by atoms with E-state index >= 15 is 0 Å². The number of hydrogen-bond acceptors (Lipinski definition) is 7. The van der Waals surface area contributed by atoms with Gasteiger partial charge in [0.1, 0.15) is 16.7 Å². The molecule has 1 aromatic heterocycles. The zero-order valence-corrected chi connectivity index (χ0v) is 24.7. The van der Waals surface area contributed by atoms with Gasteiger partial charge in [-0.2, -0.15) is 5.10 Å². The molecule has 7 nitrogen and oxygen atoms in total. The van der Waals surface area contributed by atoms with Crippen LogP contribution in [0, 0.1) is 6.92 Å². The number of thiocarbonyl (C=S) groups is 1. The Balaban J connectivity index is 1.29. The first kappa shape index (κ1) is 27.4. The summed E-state index contributed by atoms with van der Waals surface area (Å²) in [5, 5.41) is 4.87. The van der Waals surface area contributed by atoms with Crippen LogP contribution in [-0.2, 0) is 21.2 Å². The molecule has 208 valence electrons. The molecule has 3 aromatic carbocycles. The Hall–Kier alpha value is -3.73. The van der Waals surface area contributed by atoms with Crippen LogP contribution in [0.25, 0.3) is 23.0 Å². The number of benzene rings is 3. The predicted molar refractivity (Wildman–Crippen MR) is 167 cm³/mol. The molecule has 0 bridgehead atoms. The Labute approximate surface area is 248 Å². The maximum atomic E-state index is 13.4. The lowest BCUT2D eigenvalue weighted by Gasteiger charge is -2.20. The number of hydrogen-bond donors (Lipinski definition) is 0. The number of nitrogens with zero attached hydrogens (tertiary/aromatic N) is 3. The third-order valence-corrected chi connectivity index (χ3v) is 10.2. The number of aromatic nitrogens is 2. The summed E-state index contributed by atoms with van der Waals surface area (Å²) < 4.78 is 32.3. The number of rotatable bonds is 7. The Bertz CT molecular complexity index is 1750. The highest BCUT2D eigenvalue weighted by molar-refractivity contribution is 8.26. The molecule has 4 aromatic rings. The molecular weight excluding hydrogens is 575 g/mol. The lowest BCUT2D eigenvalue weighted by atomic mass is 10.1. The molecule has 0 radical (unpaired) electrons. The summed E-state index contributed by atoms with van der Waals surface area (Å²) in [5.74, 6) is 0.500. The number of thioether (sulfide) groups is 1. The van der Waals surface area contributed by atoms with Crippen molar-refractivity contribution in [3.8, 4) is 22.7 Å². The molecule has 1 amide bonds. The molecule has 0 aliphatic carbocycles. The Morgan fingerprint density at radius 1 is 1.05 bits per heavy atom. The van der Waals surface area contributed by atoms with Crippen molar-refractivity contribution in [2.75, 3.05) is 11.5 Å². The van der Waals surface area contributed by atoms with E-state index < -0.39 is 15.9 Å². The molecule has 1 atom stereocenters. The molecule has 0 N–H and O–H groups in total. The molecule has 2 saturated heterocycles. The minimum absolute atomic E-state index is 0.0533. The van der Waals surface area contributed by atoms with E-state index in [2.05, 4.69) is 31.2 Å². The fourth-order valence-electron chi connectivity index (χ4n) is 4.91. The van der Waals surface area contributed by atoms with Gasteiger partial charge in [-0.05, 0) is 61.4 Å². The van der Waals surface area contributed by atoms with Gasteiger partial charge in [-0.3, -0.25) is 9.69 Å². The molecule has 2 fully saturated rings. The van der Waals surface area contributed by atoms with Crippen molar-refractivity contribution < 1.29 is 17.9 Å². The Morgan fingerprint density at radius 2 is 1.78 bits per heavy atom. The smallest absolute Gasteiger partial charge is 0.266 e. The number of carbonyl (C=O) groups is 1. The van der Waals surface area contributed by atoms with E-state index in [9.17, 15) is 13.2 Å². The second kappa shape index (κ2) is 11.3. The maximum Gasteiger partial charge on any atom is 0.266 e. The second-order valence-corrected chi connectivity index (χ2v) is 14.0. The zero-order valence-electron chi connectivity index (χ0n) is 22.3. The van der Waals surface area contributed by atoms with E-state index in [1.807, 2.05) is 60.8 Å². The van der Waals surface area contributed by atoms with Gasteiger partial charge in [0.15, 0.2) is 9.84 Å². The van der Waals surface area contributed by atoms with Gasteiger partial charge in [0.2, 0.25) is 0 Å². The predicted octanol–water partition coefficient (Wildman–Crippen LogP) is 5.82. The number of sulfone groups is 1. The highest BCUT2D eigenvalue weighted by atomic mass is 32.2. The SMILES string of the molecule is Cc1ccc(COc2ccc(-c3nn(-c4ccccc4)cc3/C=C3\SC(=S)N(C4CCS(=O)(=O)C4)C3=O)cc2)cc1. The van der Waals surface area contributed by atoms with Crippen LogP contribution < -0.4 is 4.74 Å². The third-order valence-electron chi connectivity index (χ3n) is 7.10. The van der Waals surface area contributed by atoms with Crippen LogP contribution in [-0.4, -0.2) is 50.9 Å². The number of aryl methyl sites for hydroxylation is 1. The molecule has 0 spiro atoms. The van der Waals surface area contributed by atoms with E-state index in [0.29, 0.717) is 27.9 Å². The third kappa shape index (κ3) is 6.00. The van der Waals surface area contributed by atoms with Crippen molar-refractivity contribution >= 4 is 50.1 Å². The summed E-state index contributed by atoms with van der Waals surface area (Å²) >= 11 is 6.71. The van der Waals surface area contributed by atoms with E-state index in [1.165, 1.54) is 22.2 Å². The highest BCUT2D eigenvalue weighted by Gasteiger charge is 2.42. The summed E-state index contributed by atoms with van der Waals surface area (Å²) in [6.07, 6.45) is 4.09. The number of amides is 1. The summed E-state index contributed by atoms with van der Waals surface area (Å²) in [7, 11) is -3.16. The molecule has 41 heavy (non-hydrogen) atoms. The summed E-state index contributed by atoms with van der Waals surface area (Å²) in [6.45, 7) is 2.53. The molecule has 3 heterocycles. The molecule has 1 unspecified atom stereocenters. The fourth-order valence-corrected chi connectivity index (χ4v) is 8.00. The van der Waals surface area contributed by atoms with Crippen LogP contribution in [0.1, 0.15) is 23.1 Å². The summed E-state index contributed by atoms with van der Waals surface area (Å²) in [5.41, 5.74) is 5.50.